The summed E-state index contributed by atoms with van der Waals surface area (Å²) in [6.45, 7) is 7.02. The molecule has 1 amide bonds. The van der Waals surface area contributed by atoms with Crippen LogP contribution in [0.4, 0.5) is 0 Å². The highest BCUT2D eigenvalue weighted by Crippen LogP contribution is 2.14. The minimum Gasteiger partial charge on any atom is -0.487 e. The molecule has 2 rings (SSSR count). The molecule has 1 heterocycles. The molecule has 25 heavy (non-hydrogen) atoms. The fourth-order valence-electron chi connectivity index (χ4n) is 2.41. The van der Waals surface area contributed by atoms with E-state index in [1.807, 2.05) is 51.1 Å². The first-order valence-corrected chi connectivity index (χ1v) is 8.36. The molecule has 0 saturated carbocycles. The Morgan fingerprint density at radius 3 is 2.80 bits per heavy atom. The number of benzene rings is 1. The number of amides is 1. The maximum Gasteiger partial charge on any atom is 0.253 e. The lowest BCUT2D eigenvalue weighted by atomic mass is 10.1. The third kappa shape index (κ3) is 5.32. The van der Waals surface area contributed by atoms with E-state index in [9.17, 15) is 4.79 Å². The van der Waals surface area contributed by atoms with E-state index in [0.29, 0.717) is 31.0 Å². The highest BCUT2D eigenvalue weighted by Gasteiger charge is 2.17. The van der Waals surface area contributed by atoms with E-state index in [1.165, 1.54) is 0 Å². The van der Waals surface area contributed by atoms with Gasteiger partial charge in [-0.2, -0.15) is 5.26 Å². The van der Waals surface area contributed by atoms with Gasteiger partial charge in [-0.15, -0.1) is 0 Å². The van der Waals surface area contributed by atoms with Crippen LogP contribution >= 0.6 is 0 Å². The minimum atomic E-state index is -0.190. The van der Waals surface area contributed by atoms with Crippen LogP contribution in [0.15, 0.2) is 42.6 Å². The van der Waals surface area contributed by atoms with Crippen molar-refractivity contribution < 1.29 is 9.53 Å². The first kappa shape index (κ1) is 18.5. The van der Waals surface area contributed by atoms with Crippen molar-refractivity contribution in [2.75, 3.05) is 13.1 Å². The van der Waals surface area contributed by atoms with Crippen LogP contribution in [0.2, 0.25) is 0 Å². The van der Waals surface area contributed by atoms with Gasteiger partial charge in [0.05, 0.1) is 18.2 Å². The van der Waals surface area contributed by atoms with Gasteiger partial charge in [-0.25, -0.2) is 0 Å². The van der Waals surface area contributed by atoms with Crippen molar-refractivity contribution in [1.29, 1.82) is 5.26 Å². The predicted molar refractivity (Wildman–Crippen MR) is 96.1 cm³/mol. The average molecular weight is 337 g/mol. The fraction of sp³-hybridized carbons (Fsp3) is 0.350. The molecule has 0 spiro atoms. The second-order valence-electron chi connectivity index (χ2n) is 6.00. The summed E-state index contributed by atoms with van der Waals surface area (Å²) in [4.78, 5) is 18.5. The average Bonchev–Trinajstić information content (AvgIpc) is 2.65. The molecule has 0 unspecified atom stereocenters. The van der Waals surface area contributed by atoms with Crippen LogP contribution in [0.1, 0.15) is 35.5 Å². The highest BCUT2D eigenvalue weighted by molar-refractivity contribution is 5.94. The van der Waals surface area contributed by atoms with Crippen molar-refractivity contribution in [2.24, 2.45) is 5.92 Å². The zero-order valence-corrected chi connectivity index (χ0v) is 14.9. The Balaban J connectivity index is 2.05. The number of ether oxygens (including phenoxy) is 1. The molecule has 130 valence electrons. The molecule has 1 aromatic carbocycles. The Labute approximate surface area is 148 Å². The number of aromatic nitrogens is 1. The maximum absolute atomic E-state index is 12.7. The van der Waals surface area contributed by atoms with E-state index >= 15 is 0 Å². The van der Waals surface area contributed by atoms with Crippen LogP contribution in [0.25, 0.3) is 0 Å². The van der Waals surface area contributed by atoms with E-state index in [0.717, 1.165) is 11.3 Å². The highest BCUT2D eigenvalue weighted by atomic mass is 16.5. The van der Waals surface area contributed by atoms with E-state index < -0.39 is 0 Å². The second kappa shape index (κ2) is 8.84. The number of hydrogen-bond donors (Lipinski definition) is 0. The summed E-state index contributed by atoms with van der Waals surface area (Å²) in [6, 6.07) is 13.3. The fourth-order valence-corrected chi connectivity index (χ4v) is 2.41. The molecule has 0 radical (unpaired) electrons. The Morgan fingerprint density at radius 1 is 1.36 bits per heavy atom. The summed E-state index contributed by atoms with van der Waals surface area (Å²) >= 11 is 0. The zero-order chi connectivity index (χ0) is 18.2. The molecule has 0 aliphatic rings. The second-order valence-corrected chi connectivity index (χ2v) is 6.00. The molecule has 5 nitrogen and oxygen atoms in total. The van der Waals surface area contributed by atoms with Crippen molar-refractivity contribution in [3.63, 3.8) is 0 Å². The molecule has 1 aromatic heterocycles. The van der Waals surface area contributed by atoms with Crippen LogP contribution in [0.3, 0.4) is 0 Å². The maximum atomic E-state index is 12.7. The molecule has 0 aliphatic carbocycles. The summed E-state index contributed by atoms with van der Waals surface area (Å²) in [5.74, 6) is 0.438. The molecule has 1 atom stereocenters. The quantitative estimate of drug-likeness (QED) is 0.774. The lowest BCUT2D eigenvalue weighted by Gasteiger charge is -2.22. The Hall–Kier alpha value is -2.87. The van der Waals surface area contributed by atoms with Crippen LogP contribution < -0.4 is 4.74 Å². The largest absolute Gasteiger partial charge is 0.487 e. The standard InChI is InChI=1S/C20H23N3O2/c1-4-23(13-15(2)11-21)20(24)18-7-5-6-17(10-18)14-25-19-9-8-16(3)22-12-19/h5-10,12,15H,4,13-14H2,1-3H3/t15-/m0/s1. The van der Waals surface area contributed by atoms with Crippen LogP contribution in [-0.2, 0) is 6.61 Å². The smallest absolute Gasteiger partial charge is 0.253 e. The van der Waals surface area contributed by atoms with Crippen LogP contribution in [0.5, 0.6) is 5.75 Å². The third-order valence-electron chi connectivity index (χ3n) is 3.85. The van der Waals surface area contributed by atoms with Crippen molar-refractivity contribution >= 4 is 5.91 Å². The minimum absolute atomic E-state index is 0.0662. The van der Waals surface area contributed by atoms with E-state index in [2.05, 4.69) is 11.1 Å². The topological polar surface area (TPSA) is 66.2 Å². The SMILES string of the molecule is CCN(C[C@@H](C)C#N)C(=O)c1cccc(COc2ccc(C)nc2)c1. The van der Waals surface area contributed by atoms with Crippen LogP contribution in [0, 0.1) is 24.2 Å². The first-order chi connectivity index (χ1) is 12.0. The van der Waals surface area contributed by atoms with Gasteiger partial charge in [0.2, 0.25) is 0 Å². The summed E-state index contributed by atoms with van der Waals surface area (Å²) in [6.07, 6.45) is 1.69. The van der Waals surface area contributed by atoms with E-state index in [4.69, 9.17) is 10.00 Å². The molecule has 0 fully saturated rings. The van der Waals surface area contributed by atoms with E-state index in [-0.39, 0.29) is 11.8 Å². The number of aryl methyl sites for hydroxylation is 1. The van der Waals surface area contributed by atoms with E-state index in [1.54, 1.807) is 17.2 Å². The first-order valence-electron chi connectivity index (χ1n) is 8.36. The molecule has 0 saturated heterocycles. The van der Waals surface area contributed by atoms with Gasteiger partial charge in [0.15, 0.2) is 0 Å². The predicted octanol–water partition coefficient (Wildman–Crippen LogP) is 3.59. The Kier molecular flexibility index (Phi) is 6.53. The van der Waals surface area contributed by atoms with Crippen molar-refractivity contribution in [3.8, 4) is 11.8 Å². The monoisotopic (exact) mass is 337 g/mol. The van der Waals surface area contributed by atoms with Crippen molar-refractivity contribution in [3.05, 3.63) is 59.4 Å². The summed E-state index contributed by atoms with van der Waals surface area (Å²) in [5.41, 5.74) is 2.46. The van der Waals surface area contributed by atoms with Gasteiger partial charge in [0.25, 0.3) is 5.91 Å². The van der Waals surface area contributed by atoms with Crippen molar-refractivity contribution in [2.45, 2.75) is 27.4 Å². The molecule has 5 heteroatoms. The van der Waals surface area contributed by atoms with Gasteiger partial charge in [-0.1, -0.05) is 12.1 Å². The lowest BCUT2D eigenvalue weighted by Crippen LogP contribution is -2.34. The Bertz CT molecular complexity index is 750. The molecule has 2 aromatic rings. The number of carbonyl (C=O) groups is 1. The molecular formula is C20H23N3O2. The summed E-state index contributed by atoms with van der Waals surface area (Å²) in [7, 11) is 0. The molecule has 0 bridgehead atoms. The number of pyridine rings is 1. The number of carbonyl (C=O) groups excluding carboxylic acids is 1. The lowest BCUT2D eigenvalue weighted by molar-refractivity contribution is 0.0752. The molecule has 0 N–H and O–H groups in total. The summed E-state index contributed by atoms with van der Waals surface area (Å²) in [5, 5.41) is 8.96. The van der Waals surface area contributed by atoms with Gasteiger partial charge in [-0.3, -0.25) is 9.78 Å². The summed E-state index contributed by atoms with van der Waals surface area (Å²) < 4.78 is 5.72. The zero-order valence-electron chi connectivity index (χ0n) is 14.9. The number of nitrogens with zero attached hydrogens (tertiary/aromatic N) is 3. The third-order valence-corrected chi connectivity index (χ3v) is 3.85. The molecular weight excluding hydrogens is 314 g/mol. The van der Waals surface area contributed by atoms with Gasteiger partial charge in [-0.05, 0) is 50.6 Å². The van der Waals surface area contributed by atoms with Crippen molar-refractivity contribution in [1.82, 2.24) is 9.88 Å². The van der Waals surface area contributed by atoms with Crippen LogP contribution in [-0.4, -0.2) is 28.9 Å². The van der Waals surface area contributed by atoms with Gasteiger partial charge < -0.3 is 9.64 Å². The van der Waals surface area contributed by atoms with Gasteiger partial charge >= 0.3 is 0 Å². The number of nitriles is 1. The van der Waals surface area contributed by atoms with Gasteiger partial charge in [0.1, 0.15) is 12.4 Å². The number of rotatable bonds is 7. The Morgan fingerprint density at radius 2 is 2.16 bits per heavy atom. The normalized spacial score (nSPS) is 11.4. The van der Waals surface area contributed by atoms with Gasteiger partial charge in [0, 0.05) is 24.3 Å². The molecule has 0 aliphatic heterocycles. The number of hydrogen-bond acceptors (Lipinski definition) is 4.